The lowest BCUT2D eigenvalue weighted by atomic mass is 10.1. The van der Waals surface area contributed by atoms with Crippen molar-refractivity contribution in [3.8, 4) is 0 Å². The fourth-order valence-electron chi connectivity index (χ4n) is 2.49. The van der Waals surface area contributed by atoms with Gasteiger partial charge in [-0.15, -0.1) is 0 Å². The van der Waals surface area contributed by atoms with Crippen molar-refractivity contribution >= 4 is 26.8 Å². The first-order chi connectivity index (χ1) is 7.84. The van der Waals surface area contributed by atoms with Gasteiger partial charge in [-0.1, -0.05) is 12.1 Å². The molecule has 0 saturated carbocycles. The predicted octanol–water partition coefficient (Wildman–Crippen LogP) is 3.53. The van der Waals surface area contributed by atoms with Crippen LogP contribution < -0.4 is 0 Å². The smallest absolute Gasteiger partial charge is 0.0601 e. The number of aromatic nitrogens is 1. The molecule has 1 aromatic heterocycles. The molecule has 2 nitrogen and oxygen atoms in total. The highest BCUT2D eigenvalue weighted by Gasteiger charge is 2.14. The van der Waals surface area contributed by atoms with Crippen LogP contribution in [0.3, 0.4) is 0 Å². The summed E-state index contributed by atoms with van der Waals surface area (Å²) < 4.78 is 1.15. The first kappa shape index (κ1) is 10.4. The molecule has 0 atom stereocenters. The van der Waals surface area contributed by atoms with E-state index in [0.29, 0.717) is 0 Å². The fourth-order valence-corrected chi connectivity index (χ4v) is 2.97. The van der Waals surface area contributed by atoms with Crippen molar-refractivity contribution in [3.63, 3.8) is 0 Å². The van der Waals surface area contributed by atoms with Gasteiger partial charge < -0.3 is 4.98 Å². The van der Waals surface area contributed by atoms with Crippen LogP contribution >= 0.6 is 15.9 Å². The van der Waals surface area contributed by atoms with E-state index in [0.717, 1.165) is 11.0 Å². The van der Waals surface area contributed by atoms with Crippen LogP contribution in [0.5, 0.6) is 0 Å². The van der Waals surface area contributed by atoms with E-state index in [-0.39, 0.29) is 0 Å². The molecule has 3 heteroatoms. The predicted molar refractivity (Wildman–Crippen MR) is 70.5 cm³/mol. The lowest BCUT2D eigenvalue weighted by molar-refractivity contribution is 0.332. The number of nitrogens with one attached hydrogen (secondary N) is 1. The first-order valence-corrected chi connectivity index (χ1v) is 6.61. The SMILES string of the molecule is Brc1cccc2c(CN3CCCC3)c[nH]c12. The maximum atomic E-state index is 3.58. The number of rotatable bonds is 2. The molecule has 0 bridgehead atoms. The number of aromatic amines is 1. The number of hydrogen-bond acceptors (Lipinski definition) is 1. The zero-order valence-electron chi connectivity index (χ0n) is 9.17. The van der Waals surface area contributed by atoms with Crippen molar-refractivity contribution in [1.82, 2.24) is 9.88 Å². The number of fused-ring (bicyclic) bond motifs is 1. The van der Waals surface area contributed by atoms with Crippen LogP contribution in [0.2, 0.25) is 0 Å². The van der Waals surface area contributed by atoms with Crippen molar-refractivity contribution in [2.45, 2.75) is 19.4 Å². The Morgan fingerprint density at radius 3 is 2.88 bits per heavy atom. The topological polar surface area (TPSA) is 19.0 Å². The van der Waals surface area contributed by atoms with E-state index in [1.807, 2.05) is 0 Å². The van der Waals surface area contributed by atoms with Crippen molar-refractivity contribution in [2.24, 2.45) is 0 Å². The molecule has 3 rings (SSSR count). The third kappa shape index (κ3) is 1.78. The largest absolute Gasteiger partial charge is 0.360 e. The second-order valence-corrected chi connectivity index (χ2v) is 5.31. The monoisotopic (exact) mass is 278 g/mol. The molecule has 16 heavy (non-hydrogen) atoms. The molecule has 2 heterocycles. The molecule has 1 N–H and O–H groups in total. The minimum Gasteiger partial charge on any atom is -0.360 e. The summed E-state index contributed by atoms with van der Waals surface area (Å²) in [5.41, 5.74) is 2.63. The summed E-state index contributed by atoms with van der Waals surface area (Å²) in [5, 5.41) is 1.35. The van der Waals surface area contributed by atoms with E-state index in [2.05, 4.69) is 50.2 Å². The zero-order valence-corrected chi connectivity index (χ0v) is 10.8. The molecule has 0 spiro atoms. The summed E-state index contributed by atoms with van der Waals surface area (Å²) in [7, 11) is 0. The second kappa shape index (κ2) is 4.22. The molecule has 84 valence electrons. The van der Waals surface area contributed by atoms with Crippen LogP contribution in [-0.2, 0) is 6.54 Å². The van der Waals surface area contributed by atoms with E-state index in [4.69, 9.17) is 0 Å². The van der Waals surface area contributed by atoms with E-state index < -0.39 is 0 Å². The third-order valence-electron chi connectivity index (χ3n) is 3.34. The molecule has 0 unspecified atom stereocenters. The summed E-state index contributed by atoms with van der Waals surface area (Å²) >= 11 is 3.58. The van der Waals surface area contributed by atoms with Crippen molar-refractivity contribution in [1.29, 1.82) is 0 Å². The van der Waals surface area contributed by atoms with E-state index in [1.165, 1.54) is 42.4 Å². The standard InChI is InChI=1S/C13H15BrN2/c14-12-5-3-4-11-10(8-15-13(11)12)9-16-6-1-2-7-16/h3-5,8,15H,1-2,6-7,9H2. The van der Waals surface area contributed by atoms with Crippen LogP contribution in [0.25, 0.3) is 10.9 Å². The number of benzene rings is 1. The molecule has 1 aromatic carbocycles. The van der Waals surface area contributed by atoms with Gasteiger partial charge in [-0.2, -0.15) is 0 Å². The van der Waals surface area contributed by atoms with Gasteiger partial charge in [0.15, 0.2) is 0 Å². The quantitative estimate of drug-likeness (QED) is 0.891. The number of halogens is 1. The Bertz CT molecular complexity index is 498. The molecular weight excluding hydrogens is 264 g/mol. The van der Waals surface area contributed by atoms with E-state index in [9.17, 15) is 0 Å². The lowest BCUT2D eigenvalue weighted by Gasteiger charge is -2.13. The Labute approximate surface area is 104 Å². The molecule has 0 radical (unpaired) electrons. The fraction of sp³-hybridized carbons (Fsp3) is 0.385. The maximum Gasteiger partial charge on any atom is 0.0601 e. The zero-order chi connectivity index (χ0) is 11.0. The van der Waals surface area contributed by atoms with Crippen molar-refractivity contribution in [3.05, 3.63) is 34.4 Å². The molecule has 0 amide bonds. The van der Waals surface area contributed by atoms with Gasteiger partial charge in [-0.3, -0.25) is 4.90 Å². The number of nitrogens with zero attached hydrogens (tertiary/aromatic N) is 1. The molecular formula is C13H15BrN2. The van der Waals surface area contributed by atoms with Gasteiger partial charge in [-0.05, 0) is 53.5 Å². The van der Waals surface area contributed by atoms with Crippen LogP contribution in [0, 0.1) is 0 Å². The summed E-state index contributed by atoms with van der Waals surface area (Å²) in [6, 6.07) is 6.38. The minimum absolute atomic E-state index is 1.08. The van der Waals surface area contributed by atoms with E-state index >= 15 is 0 Å². The molecule has 1 fully saturated rings. The van der Waals surface area contributed by atoms with Crippen molar-refractivity contribution in [2.75, 3.05) is 13.1 Å². The summed E-state index contributed by atoms with van der Waals surface area (Å²) in [4.78, 5) is 5.89. The molecule has 1 aliphatic heterocycles. The van der Waals surface area contributed by atoms with Gasteiger partial charge in [-0.25, -0.2) is 0 Å². The number of H-pyrrole nitrogens is 1. The molecule has 1 aliphatic rings. The van der Waals surface area contributed by atoms with Gasteiger partial charge in [0, 0.05) is 22.6 Å². The van der Waals surface area contributed by atoms with Gasteiger partial charge >= 0.3 is 0 Å². The highest BCUT2D eigenvalue weighted by atomic mass is 79.9. The molecule has 2 aromatic rings. The Balaban J connectivity index is 1.94. The number of hydrogen-bond donors (Lipinski definition) is 1. The number of likely N-dealkylation sites (tertiary alicyclic amines) is 1. The van der Waals surface area contributed by atoms with Gasteiger partial charge in [0.25, 0.3) is 0 Å². The third-order valence-corrected chi connectivity index (χ3v) is 4.00. The summed E-state index contributed by atoms with van der Waals surface area (Å²) in [6.45, 7) is 3.58. The Kier molecular flexibility index (Phi) is 2.74. The normalized spacial score (nSPS) is 17.3. The first-order valence-electron chi connectivity index (χ1n) is 5.81. The van der Waals surface area contributed by atoms with Crippen LogP contribution in [0.15, 0.2) is 28.9 Å². The Morgan fingerprint density at radius 2 is 2.06 bits per heavy atom. The van der Waals surface area contributed by atoms with Crippen molar-refractivity contribution < 1.29 is 0 Å². The highest BCUT2D eigenvalue weighted by Crippen LogP contribution is 2.26. The lowest BCUT2D eigenvalue weighted by Crippen LogP contribution is -2.17. The maximum absolute atomic E-state index is 3.58. The second-order valence-electron chi connectivity index (χ2n) is 4.46. The average Bonchev–Trinajstić information content (AvgIpc) is 2.90. The Morgan fingerprint density at radius 1 is 1.25 bits per heavy atom. The van der Waals surface area contributed by atoms with Gasteiger partial charge in [0.05, 0.1) is 5.52 Å². The average molecular weight is 279 g/mol. The molecule has 0 aliphatic carbocycles. The number of para-hydroxylation sites is 1. The highest BCUT2D eigenvalue weighted by molar-refractivity contribution is 9.10. The minimum atomic E-state index is 1.08. The van der Waals surface area contributed by atoms with Crippen LogP contribution in [0.4, 0.5) is 0 Å². The summed E-state index contributed by atoms with van der Waals surface area (Å²) in [6.07, 6.45) is 4.85. The van der Waals surface area contributed by atoms with Crippen LogP contribution in [-0.4, -0.2) is 23.0 Å². The van der Waals surface area contributed by atoms with Gasteiger partial charge in [0.1, 0.15) is 0 Å². The molecule has 1 saturated heterocycles. The summed E-state index contributed by atoms with van der Waals surface area (Å²) in [5.74, 6) is 0. The Hall–Kier alpha value is -0.800. The van der Waals surface area contributed by atoms with Gasteiger partial charge in [0.2, 0.25) is 0 Å². The van der Waals surface area contributed by atoms with Crippen LogP contribution in [0.1, 0.15) is 18.4 Å². The van der Waals surface area contributed by atoms with E-state index in [1.54, 1.807) is 0 Å².